The highest BCUT2D eigenvalue weighted by Gasteiger charge is 2.29. The highest BCUT2D eigenvalue weighted by atomic mass is 79.9. The quantitative estimate of drug-likeness (QED) is 0.712. The molecule has 0 amide bonds. The van der Waals surface area contributed by atoms with E-state index in [0.717, 1.165) is 16.7 Å². The summed E-state index contributed by atoms with van der Waals surface area (Å²) in [6, 6.07) is 0. The van der Waals surface area contributed by atoms with Crippen LogP contribution in [0.25, 0.3) is 0 Å². The standard InChI is InChI=1S/C12H23BrN2/c1-10-7-15(9-12(10)13)8-11-3-5-14(2)6-4-11/h10-12H,3-9H2,1-2H3. The van der Waals surface area contributed by atoms with Crippen LogP contribution in [-0.4, -0.2) is 54.4 Å². The smallest absolute Gasteiger partial charge is 0.0310 e. The molecule has 2 heterocycles. The summed E-state index contributed by atoms with van der Waals surface area (Å²) in [4.78, 5) is 5.83. The molecule has 0 bridgehead atoms. The summed E-state index contributed by atoms with van der Waals surface area (Å²) in [7, 11) is 2.24. The zero-order valence-corrected chi connectivity index (χ0v) is 11.5. The first-order valence-electron chi connectivity index (χ1n) is 6.20. The molecule has 0 N–H and O–H groups in total. The molecule has 2 nitrogen and oxygen atoms in total. The van der Waals surface area contributed by atoms with E-state index in [2.05, 4.69) is 39.7 Å². The maximum Gasteiger partial charge on any atom is 0.0310 e. The molecule has 2 aliphatic rings. The lowest BCUT2D eigenvalue weighted by atomic mass is 9.97. The Morgan fingerprint density at radius 3 is 2.40 bits per heavy atom. The molecule has 15 heavy (non-hydrogen) atoms. The van der Waals surface area contributed by atoms with Crippen LogP contribution in [0.2, 0.25) is 0 Å². The van der Waals surface area contributed by atoms with E-state index in [1.54, 1.807) is 0 Å². The van der Waals surface area contributed by atoms with Crippen molar-refractivity contribution in [1.82, 2.24) is 9.80 Å². The van der Waals surface area contributed by atoms with Crippen LogP contribution in [0.5, 0.6) is 0 Å². The summed E-state index contributed by atoms with van der Waals surface area (Å²) < 4.78 is 0. The van der Waals surface area contributed by atoms with Gasteiger partial charge in [-0.2, -0.15) is 0 Å². The lowest BCUT2D eigenvalue weighted by Crippen LogP contribution is -2.36. The molecule has 0 aromatic rings. The SMILES string of the molecule is CC1CN(CC2CCN(C)CC2)CC1Br. The first-order chi connectivity index (χ1) is 7.15. The van der Waals surface area contributed by atoms with Crippen molar-refractivity contribution in [3.8, 4) is 0 Å². The summed E-state index contributed by atoms with van der Waals surface area (Å²) in [5.41, 5.74) is 0. The summed E-state index contributed by atoms with van der Waals surface area (Å²) in [5.74, 6) is 1.78. The van der Waals surface area contributed by atoms with Crippen LogP contribution in [0, 0.1) is 11.8 Å². The molecule has 0 aliphatic carbocycles. The average molecular weight is 275 g/mol. The van der Waals surface area contributed by atoms with Crippen molar-refractivity contribution in [3.05, 3.63) is 0 Å². The molecule has 2 rings (SSSR count). The zero-order chi connectivity index (χ0) is 10.8. The second-order valence-corrected chi connectivity index (χ2v) is 6.63. The summed E-state index contributed by atoms with van der Waals surface area (Å²) in [6.07, 6.45) is 2.79. The van der Waals surface area contributed by atoms with E-state index >= 15 is 0 Å². The molecular weight excluding hydrogens is 252 g/mol. The molecule has 0 aromatic heterocycles. The molecule has 2 aliphatic heterocycles. The van der Waals surface area contributed by atoms with Gasteiger partial charge in [-0.25, -0.2) is 0 Å². The van der Waals surface area contributed by atoms with E-state index in [9.17, 15) is 0 Å². The minimum atomic E-state index is 0.726. The molecule has 3 heteroatoms. The topological polar surface area (TPSA) is 6.48 Å². The van der Waals surface area contributed by atoms with Gasteiger partial charge in [-0.3, -0.25) is 0 Å². The predicted octanol–water partition coefficient (Wildman–Crippen LogP) is 2.04. The monoisotopic (exact) mass is 274 g/mol. The molecule has 2 unspecified atom stereocenters. The first-order valence-corrected chi connectivity index (χ1v) is 7.11. The third-order valence-electron chi connectivity index (χ3n) is 3.95. The maximum absolute atomic E-state index is 3.77. The summed E-state index contributed by atoms with van der Waals surface area (Å²) >= 11 is 3.77. The number of likely N-dealkylation sites (tertiary alicyclic amines) is 2. The van der Waals surface area contributed by atoms with Crippen LogP contribution in [0.3, 0.4) is 0 Å². The Hall–Kier alpha value is 0.400. The van der Waals surface area contributed by atoms with Gasteiger partial charge in [0.25, 0.3) is 0 Å². The zero-order valence-electron chi connectivity index (χ0n) is 9.95. The number of piperidine rings is 1. The van der Waals surface area contributed by atoms with Gasteiger partial charge in [0.1, 0.15) is 0 Å². The highest BCUT2D eigenvalue weighted by Crippen LogP contribution is 2.25. The van der Waals surface area contributed by atoms with E-state index in [1.807, 2.05) is 0 Å². The van der Waals surface area contributed by atoms with E-state index in [1.165, 1.54) is 45.6 Å². The Kier molecular flexibility index (Phi) is 4.08. The maximum atomic E-state index is 3.77. The van der Waals surface area contributed by atoms with Crippen LogP contribution >= 0.6 is 15.9 Å². The number of halogens is 1. The second kappa shape index (κ2) is 5.15. The number of nitrogens with zero attached hydrogens (tertiary/aromatic N) is 2. The number of rotatable bonds is 2. The van der Waals surface area contributed by atoms with E-state index in [0.29, 0.717) is 0 Å². The Balaban J connectivity index is 1.73. The van der Waals surface area contributed by atoms with Crippen LogP contribution in [0.15, 0.2) is 0 Å². The van der Waals surface area contributed by atoms with Crippen LogP contribution < -0.4 is 0 Å². The van der Waals surface area contributed by atoms with Gasteiger partial charge >= 0.3 is 0 Å². The summed E-state index contributed by atoms with van der Waals surface area (Å²) in [5, 5.41) is 0. The largest absolute Gasteiger partial charge is 0.306 e. The van der Waals surface area contributed by atoms with Crippen LogP contribution in [-0.2, 0) is 0 Å². The molecule has 0 spiro atoms. The Bertz CT molecular complexity index is 192. The average Bonchev–Trinajstić information content (AvgIpc) is 2.50. The van der Waals surface area contributed by atoms with Crippen molar-refractivity contribution in [2.45, 2.75) is 24.6 Å². The van der Waals surface area contributed by atoms with Crippen molar-refractivity contribution in [1.29, 1.82) is 0 Å². The van der Waals surface area contributed by atoms with Crippen molar-refractivity contribution < 1.29 is 0 Å². The third kappa shape index (κ3) is 3.18. The highest BCUT2D eigenvalue weighted by molar-refractivity contribution is 9.09. The van der Waals surface area contributed by atoms with Gasteiger partial charge in [0.15, 0.2) is 0 Å². The van der Waals surface area contributed by atoms with E-state index in [4.69, 9.17) is 0 Å². The van der Waals surface area contributed by atoms with Crippen LogP contribution in [0.1, 0.15) is 19.8 Å². The lowest BCUT2D eigenvalue weighted by Gasteiger charge is -2.31. The van der Waals surface area contributed by atoms with Gasteiger partial charge in [0.05, 0.1) is 0 Å². The predicted molar refractivity (Wildman–Crippen MR) is 68.5 cm³/mol. The van der Waals surface area contributed by atoms with Crippen LogP contribution in [0.4, 0.5) is 0 Å². The Labute approximate surface area is 102 Å². The molecule has 0 aromatic carbocycles. The minimum absolute atomic E-state index is 0.726. The number of hydrogen-bond donors (Lipinski definition) is 0. The van der Waals surface area contributed by atoms with Crippen molar-refractivity contribution in [2.24, 2.45) is 11.8 Å². The van der Waals surface area contributed by atoms with Crippen molar-refractivity contribution in [3.63, 3.8) is 0 Å². The number of alkyl halides is 1. The lowest BCUT2D eigenvalue weighted by molar-refractivity contribution is 0.174. The molecule has 0 saturated carbocycles. The Morgan fingerprint density at radius 2 is 1.87 bits per heavy atom. The van der Waals surface area contributed by atoms with E-state index < -0.39 is 0 Å². The second-order valence-electron chi connectivity index (χ2n) is 5.46. The fourth-order valence-electron chi connectivity index (χ4n) is 2.78. The van der Waals surface area contributed by atoms with Gasteiger partial charge in [0.2, 0.25) is 0 Å². The first kappa shape index (κ1) is 11.9. The third-order valence-corrected chi connectivity index (χ3v) is 5.14. The van der Waals surface area contributed by atoms with Gasteiger partial charge < -0.3 is 9.80 Å². The normalized spacial score (nSPS) is 36.2. The van der Waals surface area contributed by atoms with Crippen molar-refractivity contribution in [2.75, 3.05) is 39.8 Å². The fourth-order valence-corrected chi connectivity index (χ4v) is 3.36. The Morgan fingerprint density at radius 1 is 1.20 bits per heavy atom. The number of hydrogen-bond acceptors (Lipinski definition) is 2. The van der Waals surface area contributed by atoms with E-state index in [-0.39, 0.29) is 0 Å². The molecule has 2 atom stereocenters. The molecule has 0 radical (unpaired) electrons. The van der Waals surface area contributed by atoms with Gasteiger partial charge in [0, 0.05) is 24.5 Å². The van der Waals surface area contributed by atoms with Gasteiger partial charge in [-0.05, 0) is 44.8 Å². The van der Waals surface area contributed by atoms with Gasteiger partial charge in [-0.1, -0.05) is 22.9 Å². The van der Waals surface area contributed by atoms with Crippen molar-refractivity contribution >= 4 is 15.9 Å². The minimum Gasteiger partial charge on any atom is -0.306 e. The van der Waals surface area contributed by atoms with Gasteiger partial charge in [-0.15, -0.1) is 0 Å². The molecule has 2 fully saturated rings. The fraction of sp³-hybridized carbons (Fsp3) is 1.00. The summed E-state index contributed by atoms with van der Waals surface area (Å²) in [6.45, 7) is 8.84. The molecule has 2 saturated heterocycles. The molecule has 88 valence electrons. The molecular formula is C12H23BrN2.